The highest BCUT2D eigenvalue weighted by molar-refractivity contribution is 7.92. The van der Waals surface area contributed by atoms with E-state index in [4.69, 9.17) is 5.73 Å². The van der Waals surface area contributed by atoms with E-state index in [-0.39, 0.29) is 10.6 Å². The molecule has 8 heteroatoms. The lowest BCUT2D eigenvalue weighted by atomic mass is 10.3. The lowest BCUT2D eigenvalue weighted by Gasteiger charge is -2.08. The van der Waals surface area contributed by atoms with Crippen LogP contribution in [-0.4, -0.2) is 18.4 Å². The highest BCUT2D eigenvalue weighted by Gasteiger charge is 2.15. The van der Waals surface area contributed by atoms with Crippen LogP contribution < -0.4 is 16.1 Å². The zero-order valence-corrected chi connectivity index (χ0v) is 11.6. The van der Waals surface area contributed by atoms with Crippen molar-refractivity contribution in [3.05, 3.63) is 52.9 Å². The minimum absolute atomic E-state index is 0.0488. The molecule has 0 saturated heterocycles. The molecule has 108 valence electrons. The fourth-order valence-corrected chi connectivity index (χ4v) is 3.07. The average molecular weight is 304 g/mol. The van der Waals surface area contributed by atoms with Crippen molar-refractivity contribution in [1.82, 2.24) is 9.97 Å². The number of hydrogen-bond acceptors (Lipinski definition) is 4. The zero-order chi connectivity index (χ0) is 15.0. The molecule has 0 aliphatic carbocycles. The fraction of sp³-hybridized carbons (Fsp3) is 0. The Morgan fingerprint density at radius 2 is 1.76 bits per heavy atom. The summed E-state index contributed by atoms with van der Waals surface area (Å²) in [5.74, 6) is 0. The molecule has 0 unspecified atom stereocenters. The van der Waals surface area contributed by atoms with Crippen molar-refractivity contribution in [2.45, 2.75) is 4.90 Å². The maximum atomic E-state index is 12.3. The van der Waals surface area contributed by atoms with Crippen LogP contribution in [-0.2, 0) is 10.0 Å². The first-order valence-corrected chi connectivity index (χ1v) is 7.53. The van der Waals surface area contributed by atoms with Crippen molar-refractivity contribution in [3.63, 3.8) is 0 Å². The molecule has 7 nitrogen and oxygen atoms in total. The minimum atomic E-state index is -3.75. The second-order valence-corrected chi connectivity index (χ2v) is 6.20. The molecule has 2 aromatic carbocycles. The zero-order valence-electron chi connectivity index (χ0n) is 10.8. The minimum Gasteiger partial charge on any atom is -0.399 e. The van der Waals surface area contributed by atoms with E-state index in [0.29, 0.717) is 22.4 Å². The number of hydrogen-bond donors (Lipinski definition) is 4. The highest BCUT2D eigenvalue weighted by Crippen LogP contribution is 2.20. The third kappa shape index (κ3) is 2.61. The van der Waals surface area contributed by atoms with Gasteiger partial charge in [-0.05, 0) is 36.4 Å². The van der Waals surface area contributed by atoms with Gasteiger partial charge in [0.25, 0.3) is 10.0 Å². The van der Waals surface area contributed by atoms with Crippen LogP contribution in [0.1, 0.15) is 0 Å². The number of aromatic amines is 2. The first-order valence-electron chi connectivity index (χ1n) is 6.04. The summed E-state index contributed by atoms with van der Waals surface area (Å²) in [5, 5.41) is 0. The Hall–Kier alpha value is -2.74. The highest BCUT2D eigenvalue weighted by atomic mass is 32.2. The number of nitrogen functional groups attached to an aromatic ring is 1. The molecule has 1 heterocycles. The Morgan fingerprint density at radius 3 is 2.52 bits per heavy atom. The van der Waals surface area contributed by atoms with Crippen LogP contribution in [0.3, 0.4) is 0 Å². The first-order chi connectivity index (χ1) is 9.94. The molecule has 3 aromatic rings. The first kappa shape index (κ1) is 13.3. The molecule has 1 aromatic heterocycles. The van der Waals surface area contributed by atoms with Gasteiger partial charge >= 0.3 is 5.69 Å². The number of anilines is 2. The molecule has 0 aliphatic rings. The van der Waals surface area contributed by atoms with Crippen LogP contribution in [0.15, 0.2) is 52.2 Å². The van der Waals surface area contributed by atoms with Gasteiger partial charge in [0.05, 0.1) is 21.6 Å². The molecule has 0 radical (unpaired) electrons. The molecule has 21 heavy (non-hydrogen) atoms. The molecule has 0 fully saturated rings. The maximum Gasteiger partial charge on any atom is 0.323 e. The van der Waals surface area contributed by atoms with E-state index in [0.717, 1.165) is 0 Å². The van der Waals surface area contributed by atoms with E-state index >= 15 is 0 Å². The summed E-state index contributed by atoms with van der Waals surface area (Å²) in [5.41, 5.74) is 7.03. The second-order valence-electron chi connectivity index (χ2n) is 4.52. The Morgan fingerprint density at radius 1 is 1.00 bits per heavy atom. The van der Waals surface area contributed by atoms with Gasteiger partial charge in [0.2, 0.25) is 0 Å². The van der Waals surface area contributed by atoms with E-state index in [9.17, 15) is 13.2 Å². The summed E-state index contributed by atoms with van der Waals surface area (Å²) in [6.07, 6.45) is 0. The lowest BCUT2D eigenvalue weighted by Crippen LogP contribution is -2.13. The van der Waals surface area contributed by atoms with E-state index in [1.165, 1.54) is 24.3 Å². The van der Waals surface area contributed by atoms with Gasteiger partial charge < -0.3 is 15.7 Å². The maximum absolute atomic E-state index is 12.3. The predicted molar refractivity (Wildman–Crippen MR) is 80.6 cm³/mol. The molecular weight excluding hydrogens is 292 g/mol. The van der Waals surface area contributed by atoms with Gasteiger partial charge in [-0.1, -0.05) is 6.07 Å². The van der Waals surface area contributed by atoms with E-state index < -0.39 is 10.0 Å². The average Bonchev–Trinajstić information content (AvgIpc) is 2.77. The number of imidazole rings is 1. The van der Waals surface area contributed by atoms with E-state index in [1.54, 1.807) is 18.2 Å². The number of sulfonamides is 1. The number of rotatable bonds is 3. The fourth-order valence-electron chi connectivity index (χ4n) is 2.00. The smallest absolute Gasteiger partial charge is 0.323 e. The summed E-state index contributed by atoms with van der Waals surface area (Å²) in [7, 11) is -3.75. The molecule has 0 bridgehead atoms. The molecular formula is C13H12N4O3S. The Labute approximate surface area is 119 Å². The van der Waals surface area contributed by atoms with Gasteiger partial charge in [0.15, 0.2) is 0 Å². The SMILES string of the molecule is Nc1cccc(NS(=O)(=O)c2ccc3[nH]c(=O)[nH]c3c2)c1. The van der Waals surface area contributed by atoms with Crippen molar-refractivity contribution >= 4 is 32.4 Å². The molecule has 5 N–H and O–H groups in total. The number of fused-ring (bicyclic) bond motifs is 1. The number of aromatic nitrogens is 2. The van der Waals surface area contributed by atoms with E-state index in [2.05, 4.69) is 14.7 Å². The summed E-state index contributed by atoms with van der Waals surface area (Å²) < 4.78 is 27.1. The second kappa shape index (κ2) is 4.67. The van der Waals surface area contributed by atoms with Gasteiger partial charge in [0.1, 0.15) is 0 Å². The van der Waals surface area contributed by atoms with E-state index in [1.807, 2.05) is 0 Å². The molecule has 0 amide bonds. The van der Waals surface area contributed by atoms with Crippen molar-refractivity contribution in [2.24, 2.45) is 0 Å². The monoisotopic (exact) mass is 304 g/mol. The number of nitrogens with one attached hydrogen (secondary N) is 3. The van der Waals surface area contributed by atoms with Crippen LogP contribution >= 0.6 is 0 Å². The van der Waals surface area contributed by atoms with Gasteiger partial charge in [0, 0.05) is 5.69 Å². The lowest BCUT2D eigenvalue weighted by molar-refractivity contribution is 0.601. The topological polar surface area (TPSA) is 121 Å². The molecule has 0 spiro atoms. The van der Waals surface area contributed by atoms with Crippen molar-refractivity contribution in [3.8, 4) is 0 Å². The molecule has 0 atom stereocenters. The number of H-pyrrole nitrogens is 2. The van der Waals surface area contributed by atoms with Gasteiger partial charge in [-0.3, -0.25) is 4.72 Å². The summed E-state index contributed by atoms with van der Waals surface area (Å²) >= 11 is 0. The number of nitrogens with two attached hydrogens (primary N) is 1. The molecule has 3 rings (SSSR count). The molecule has 0 saturated carbocycles. The van der Waals surface area contributed by atoms with Gasteiger partial charge in [-0.2, -0.15) is 0 Å². The summed E-state index contributed by atoms with van der Waals surface area (Å²) in [6, 6.07) is 10.8. The summed E-state index contributed by atoms with van der Waals surface area (Å²) in [6.45, 7) is 0. The van der Waals surface area contributed by atoms with Crippen molar-refractivity contribution in [1.29, 1.82) is 0 Å². The normalized spacial score (nSPS) is 11.6. The van der Waals surface area contributed by atoms with Crippen LogP contribution in [0, 0.1) is 0 Å². The van der Waals surface area contributed by atoms with Crippen LogP contribution in [0.25, 0.3) is 11.0 Å². The summed E-state index contributed by atoms with van der Waals surface area (Å²) in [4.78, 5) is 16.3. The van der Waals surface area contributed by atoms with Gasteiger partial charge in [-0.25, -0.2) is 13.2 Å². The largest absolute Gasteiger partial charge is 0.399 e. The van der Waals surface area contributed by atoms with Crippen LogP contribution in [0.5, 0.6) is 0 Å². The van der Waals surface area contributed by atoms with Crippen molar-refractivity contribution < 1.29 is 8.42 Å². The standard InChI is InChI=1S/C13H12N4O3S/c14-8-2-1-3-9(6-8)17-21(19,20)10-4-5-11-12(7-10)16-13(18)15-11/h1-7,17H,14H2,(H2,15,16,18). The number of benzene rings is 2. The van der Waals surface area contributed by atoms with Crippen LogP contribution in [0.2, 0.25) is 0 Å². The Bertz CT molecular complexity index is 972. The van der Waals surface area contributed by atoms with Gasteiger partial charge in [-0.15, -0.1) is 0 Å². The Kier molecular flexibility index (Phi) is 2.95. The van der Waals surface area contributed by atoms with Crippen LogP contribution in [0.4, 0.5) is 11.4 Å². The third-order valence-corrected chi connectivity index (χ3v) is 4.32. The third-order valence-electron chi connectivity index (χ3n) is 2.94. The quantitative estimate of drug-likeness (QED) is 0.544. The molecule has 0 aliphatic heterocycles. The van der Waals surface area contributed by atoms with Crippen molar-refractivity contribution in [2.75, 3.05) is 10.5 Å². The Balaban J connectivity index is 2.01. The predicted octanol–water partition coefficient (Wildman–Crippen LogP) is 1.24.